The van der Waals surface area contributed by atoms with Gasteiger partial charge in [0.25, 0.3) is 5.91 Å². The lowest BCUT2D eigenvalue weighted by Gasteiger charge is -2.15. The van der Waals surface area contributed by atoms with Crippen LogP contribution in [0.2, 0.25) is 0 Å². The zero-order valence-corrected chi connectivity index (χ0v) is 10.2. The summed E-state index contributed by atoms with van der Waals surface area (Å²) < 4.78 is 13.5. The predicted octanol–water partition coefficient (Wildman–Crippen LogP) is 2.02. The van der Waals surface area contributed by atoms with E-state index in [-0.39, 0.29) is 5.56 Å². The quantitative estimate of drug-likeness (QED) is 0.833. The number of carbonyl (C=O) groups excluding carboxylic acids is 1. The molecule has 0 bridgehead atoms. The van der Waals surface area contributed by atoms with Crippen molar-refractivity contribution in [2.24, 2.45) is 0 Å². The summed E-state index contributed by atoms with van der Waals surface area (Å²) in [5.41, 5.74) is 0.401. The molecule has 4 nitrogen and oxygen atoms in total. The second-order valence-corrected chi connectivity index (χ2v) is 3.73. The van der Waals surface area contributed by atoms with Crippen LogP contribution in [0.25, 0.3) is 6.08 Å². The fourth-order valence-electron chi connectivity index (χ4n) is 1.33. The Morgan fingerprint density at radius 2 is 2.11 bits per heavy atom. The Balaban J connectivity index is 3.09. The highest BCUT2D eigenvalue weighted by Crippen LogP contribution is 2.14. The van der Waals surface area contributed by atoms with E-state index in [1.165, 1.54) is 23.1 Å². The van der Waals surface area contributed by atoms with E-state index in [9.17, 15) is 14.0 Å². The largest absolute Gasteiger partial charge is 0.478 e. The molecule has 0 aliphatic carbocycles. The molecule has 0 aliphatic heterocycles. The molecule has 0 spiro atoms. The second-order valence-electron chi connectivity index (χ2n) is 3.73. The number of carbonyl (C=O) groups is 2. The molecule has 0 unspecified atom stereocenters. The van der Waals surface area contributed by atoms with Crippen molar-refractivity contribution in [3.05, 3.63) is 41.2 Å². The van der Waals surface area contributed by atoms with Crippen LogP contribution in [0.5, 0.6) is 0 Å². The van der Waals surface area contributed by atoms with Crippen molar-refractivity contribution >= 4 is 18.0 Å². The number of carboxylic acid groups (broad SMARTS) is 1. The van der Waals surface area contributed by atoms with Crippen molar-refractivity contribution in [3.8, 4) is 0 Å². The third-order valence-corrected chi connectivity index (χ3v) is 2.46. The van der Waals surface area contributed by atoms with Crippen molar-refractivity contribution in [3.63, 3.8) is 0 Å². The number of halogens is 1. The number of hydrogen-bond acceptors (Lipinski definition) is 2. The molecule has 0 saturated heterocycles. The minimum Gasteiger partial charge on any atom is -0.478 e. The molecule has 18 heavy (non-hydrogen) atoms. The van der Waals surface area contributed by atoms with Crippen LogP contribution in [-0.2, 0) is 4.79 Å². The number of nitrogens with zero attached hydrogens (tertiary/aromatic N) is 1. The summed E-state index contributed by atoms with van der Waals surface area (Å²) >= 11 is 0. The van der Waals surface area contributed by atoms with Gasteiger partial charge in [0.2, 0.25) is 0 Å². The van der Waals surface area contributed by atoms with Crippen LogP contribution < -0.4 is 0 Å². The summed E-state index contributed by atoms with van der Waals surface area (Å²) in [6, 6.07) is 3.90. The summed E-state index contributed by atoms with van der Waals surface area (Å²) in [6.45, 7) is 2.25. The average molecular weight is 251 g/mol. The van der Waals surface area contributed by atoms with Crippen molar-refractivity contribution in [2.45, 2.75) is 6.92 Å². The summed E-state index contributed by atoms with van der Waals surface area (Å²) in [4.78, 5) is 23.6. The molecule has 0 aromatic heterocycles. The van der Waals surface area contributed by atoms with Gasteiger partial charge in [-0.3, -0.25) is 4.79 Å². The van der Waals surface area contributed by atoms with E-state index in [0.717, 1.165) is 12.1 Å². The van der Waals surface area contributed by atoms with Gasteiger partial charge in [-0.15, -0.1) is 0 Å². The van der Waals surface area contributed by atoms with Crippen LogP contribution in [0.1, 0.15) is 22.8 Å². The van der Waals surface area contributed by atoms with Crippen LogP contribution in [0.3, 0.4) is 0 Å². The molecule has 1 aromatic rings. The molecule has 0 atom stereocenters. The number of rotatable bonds is 4. The highest BCUT2D eigenvalue weighted by atomic mass is 19.1. The van der Waals surface area contributed by atoms with Gasteiger partial charge >= 0.3 is 5.97 Å². The summed E-state index contributed by atoms with van der Waals surface area (Å²) in [5.74, 6) is -2.15. The first kappa shape index (κ1) is 13.9. The van der Waals surface area contributed by atoms with Gasteiger partial charge in [-0.25, -0.2) is 9.18 Å². The summed E-state index contributed by atoms with van der Waals surface area (Å²) in [6.07, 6.45) is 2.25. The van der Waals surface area contributed by atoms with E-state index in [4.69, 9.17) is 5.11 Å². The first-order valence-corrected chi connectivity index (χ1v) is 5.41. The van der Waals surface area contributed by atoms with Crippen molar-refractivity contribution in [2.75, 3.05) is 13.6 Å². The van der Waals surface area contributed by atoms with E-state index in [1.54, 1.807) is 14.0 Å². The zero-order chi connectivity index (χ0) is 13.7. The van der Waals surface area contributed by atoms with E-state index >= 15 is 0 Å². The van der Waals surface area contributed by atoms with Gasteiger partial charge in [0.05, 0.1) is 5.56 Å². The van der Waals surface area contributed by atoms with Crippen molar-refractivity contribution in [1.82, 2.24) is 4.90 Å². The van der Waals surface area contributed by atoms with Gasteiger partial charge in [-0.2, -0.15) is 0 Å². The molecule has 1 aromatic carbocycles. The second kappa shape index (κ2) is 5.95. The standard InChI is InChI=1S/C13H14FNO3/c1-3-15(2)13(18)10-8-9(4-6-11(10)14)5-7-12(16)17/h4-8H,3H2,1-2H3,(H,16,17). The maximum Gasteiger partial charge on any atom is 0.328 e. The molecular formula is C13H14FNO3. The number of amides is 1. The van der Waals surface area contributed by atoms with Crippen LogP contribution >= 0.6 is 0 Å². The fraction of sp³-hybridized carbons (Fsp3) is 0.231. The molecule has 0 saturated carbocycles. The molecule has 0 fully saturated rings. The van der Waals surface area contributed by atoms with Gasteiger partial charge < -0.3 is 10.0 Å². The van der Waals surface area contributed by atoms with Crippen molar-refractivity contribution in [1.29, 1.82) is 0 Å². The first-order valence-electron chi connectivity index (χ1n) is 5.41. The fourth-order valence-corrected chi connectivity index (χ4v) is 1.33. The maximum absolute atomic E-state index is 13.5. The Kier molecular flexibility index (Phi) is 4.59. The minimum atomic E-state index is -1.10. The molecule has 0 aliphatic rings. The van der Waals surface area contributed by atoms with Crippen molar-refractivity contribution < 1.29 is 19.1 Å². The molecule has 1 N–H and O–H groups in total. The number of benzene rings is 1. The minimum absolute atomic E-state index is 0.0631. The highest BCUT2D eigenvalue weighted by molar-refractivity contribution is 5.95. The van der Waals surface area contributed by atoms with Gasteiger partial charge in [0.1, 0.15) is 5.82 Å². The lowest BCUT2D eigenvalue weighted by Crippen LogP contribution is -2.27. The molecule has 1 amide bonds. The average Bonchev–Trinajstić information content (AvgIpc) is 2.35. The molecule has 5 heteroatoms. The van der Waals surface area contributed by atoms with Crippen LogP contribution in [0, 0.1) is 5.82 Å². The van der Waals surface area contributed by atoms with E-state index in [0.29, 0.717) is 12.1 Å². The Morgan fingerprint density at radius 3 is 2.67 bits per heavy atom. The SMILES string of the molecule is CCN(C)C(=O)c1cc(C=CC(=O)O)ccc1F. The molecule has 96 valence electrons. The summed E-state index contributed by atoms with van der Waals surface area (Å²) in [5, 5.41) is 8.50. The summed E-state index contributed by atoms with van der Waals surface area (Å²) in [7, 11) is 1.57. The Labute approximate surface area is 104 Å². The topological polar surface area (TPSA) is 57.6 Å². The smallest absolute Gasteiger partial charge is 0.328 e. The third kappa shape index (κ3) is 3.41. The molecule has 0 heterocycles. The maximum atomic E-state index is 13.5. The Bertz CT molecular complexity index is 497. The predicted molar refractivity (Wildman–Crippen MR) is 65.7 cm³/mol. The molecule has 1 rings (SSSR count). The monoisotopic (exact) mass is 251 g/mol. The van der Waals surface area contributed by atoms with Gasteiger partial charge in [-0.05, 0) is 30.7 Å². The first-order chi connectivity index (χ1) is 8.45. The lowest BCUT2D eigenvalue weighted by atomic mass is 10.1. The Hall–Kier alpha value is -2.17. The van der Waals surface area contributed by atoms with Crippen LogP contribution in [0.4, 0.5) is 4.39 Å². The van der Waals surface area contributed by atoms with Crippen LogP contribution in [0.15, 0.2) is 24.3 Å². The van der Waals surface area contributed by atoms with E-state index in [2.05, 4.69) is 0 Å². The number of hydrogen-bond donors (Lipinski definition) is 1. The Morgan fingerprint density at radius 1 is 1.44 bits per heavy atom. The number of carboxylic acids is 1. The normalized spacial score (nSPS) is 10.6. The molecular weight excluding hydrogens is 237 g/mol. The van der Waals surface area contributed by atoms with Gasteiger partial charge in [0.15, 0.2) is 0 Å². The van der Waals surface area contributed by atoms with Gasteiger partial charge in [0, 0.05) is 19.7 Å². The van der Waals surface area contributed by atoms with E-state index < -0.39 is 17.7 Å². The lowest BCUT2D eigenvalue weighted by molar-refractivity contribution is -0.131. The highest BCUT2D eigenvalue weighted by Gasteiger charge is 2.15. The molecule has 0 radical (unpaired) electrons. The van der Waals surface area contributed by atoms with Crippen LogP contribution in [-0.4, -0.2) is 35.5 Å². The van der Waals surface area contributed by atoms with E-state index in [1.807, 2.05) is 0 Å². The third-order valence-electron chi connectivity index (χ3n) is 2.46. The van der Waals surface area contributed by atoms with Gasteiger partial charge in [-0.1, -0.05) is 6.07 Å². The zero-order valence-electron chi connectivity index (χ0n) is 10.2. The number of aliphatic carboxylic acids is 1.